The number of carbonyl (C=O) groups excluding carboxylic acids is 1. The zero-order valence-electron chi connectivity index (χ0n) is 18.7. The van der Waals surface area contributed by atoms with Crippen LogP contribution < -0.4 is 4.90 Å². The topological polar surface area (TPSA) is 23.6 Å². The Hall–Kier alpha value is -2.13. The summed E-state index contributed by atoms with van der Waals surface area (Å²) in [4.78, 5) is 18.6. The highest BCUT2D eigenvalue weighted by Gasteiger charge is 2.36. The first-order valence-electron chi connectivity index (χ1n) is 12.5. The maximum Gasteiger partial charge on any atom is 0.230 e. The van der Waals surface area contributed by atoms with Gasteiger partial charge in [0, 0.05) is 24.2 Å². The zero-order chi connectivity index (χ0) is 21.0. The molecule has 1 amide bonds. The molecule has 0 N–H and O–H groups in total. The summed E-state index contributed by atoms with van der Waals surface area (Å²) in [6.07, 6.45) is 10.5. The number of hydrogen-bond acceptors (Lipinski definition) is 2. The zero-order valence-corrected chi connectivity index (χ0v) is 18.7. The SMILES string of the molecule is O=C(C1CCCCC1)N1c2ccccc2CCC1CN1CCC(c2ccccc2)CC1. The van der Waals surface area contributed by atoms with Crippen LogP contribution in [0.25, 0.3) is 0 Å². The van der Waals surface area contributed by atoms with Crippen molar-refractivity contribution in [3.05, 3.63) is 65.7 Å². The van der Waals surface area contributed by atoms with Gasteiger partial charge in [-0.1, -0.05) is 67.8 Å². The predicted octanol–water partition coefficient (Wildman–Crippen LogP) is 5.79. The van der Waals surface area contributed by atoms with E-state index in [9.17, 15) is 4.79 Å². The average molecular weight is 417 g/mol. The van der Waals surface area contributed by atoms with E-state index in [1.165, 1.54) is 48.9 Å². The number of hydrogen-bond donors (Lipinski definition) is 0. The monoisotopic (exact) mass is 416 g/mol. The molecule has 0 aromatic heterocycles. The molecule has 0 spiro atoms. The second-order valence-corrected chi connectivity index (χ2v) is 9.85. The molecule has 1 saturated heterocycles. The molecule has 31 heavy (non-hydrogen) atoms. The third-order valence-corrected chi connectivity index (χ3v) is 7.88. The summed E-state index contributed by atoms with van der Waals surface area (Å²) in [6, 6.07) is 19.9. The van der Waals surface area contributed by atoms with Gasteiger partial charge in [0.05, 0.1) is 0 Å². The molecular formula is C28H36N2O. The number of amides is 1. The molecule has 2 aromatic rings. The van der Waals surface area contributed by atoms with Crippen molar-refractivity contribution >= 4 is 11.6 Å². The van der Waals surface area contributed by atoms with E-state index in [1.54, 1.807) is 0 Å². The van der Waals surface area contributed by atoms with Crippen LogP contribution in [0.1, 0.15) is 68.4 Å². The summed E-state index contributed by atoms with van der Waals surface area (Å²) < 4.78 is 0. The average Bonchev–Trinajstić information content (AvgIpc) is 2.85. The molecule has 1 saturated carbocycles. The van der Waals surface area contributed by atoms with E-state index in [1.807, 2.05) is 0 Å². The summed E-state index contributed by atoms with van der Waals surface area (Å²) in [7, 11) is 0. The van der Waals surface area contributed by atoms with Gasteiger partial charge >= 0.3 is 0 Å². The molecule has 0 radical (unpaired) electrons. The minimum Gasteiger partial charge on any atom is -0.308 e. The Bertz CT molecular complexity index is 866. The second kappa shape index (κ2) is 9.56. The molecule has 0 bridgehead atoms. The van der Waals surface area contributed by atoms with E-state index < -0.39 is 0 Å². The fourth-order valence-electron chi connectivity index (χ4n) is 6.10. The number of nitrogens with zero attached hydrogens (tertiary/aromatic N) is 2. The minimum atomic E-state index is 0.228. The summed E-state index contributed by atoms with van der Waals surface area (Å²) in [6.45, 7) is 3.31. The Labute approximate surface area is 187 Å². The minimum absolute atomic E-state index is 0.228. The number of benzene rings is 2. The van der Waals surface area contributed by atoms with E-state index in [-0.39, 0.29) is 5.92 Å². The Morgan fingerprint density at radius 3 is 2.29 bits per heavy atom. The fourth-order valence-corrected chi connectivity index (χ4v) is 6.10. The van der Waals surface area contributed by atoms with Crippen LogP contribution in [0.4, 0.5) is 5.69 Å². The number of rotatable bonds is 4. The smallest absolute Gasteiger partial charge is 0.230 e. The van der Waals surface area contributed by atoms with E-state index in [4.69, 9.17) is 0 Å². The van der Waals surface area contributed by atoms with Crippen molar-refractivity contribution in [3.63, 3.8) is 0 Å². The molecule has 164 valence electrons. The van der Waals surface area contributed by atoms with Crippen LogP contribution in [0.5, 0.6) is 0 Å². The largest absolute Gasteiger partial charge is 0.308 e. The molecule has 3 nitrogen and oxygen atoms in total. The first kappa shape index (κ1) is 20.8. The Morgan fingerprint density at radius 1 is 0.806 bits per heavy atom. The van der Waals surface area contributed by atoms with Crippen LogP contribution in [0.3, 0.4) is 0 Å². The fraction of sp³-hybridized carbons (Fsp3) is 0.536. The molecule has 1 atom stereocenters. The Kier molecular flexibility index (Phi) is 6.40. The first-order chi connectivity index (χ1) is 15.3. The van der Waals surface area contributed by atoms with Crippen molar-refractivity contribution in [2.24, 2.45) is 5.92 Å². The molecule has 1 unspecified atom stereocenters. The van der Waals surface area contributed by atoms with Gasteiger partial charge in [-0.3, -0.25) is 4.79 Å². The van der Waals surface area contributed by atoms with Crippen molar-refractivity contribution in [2.75, 3.05) is 24.5 Å². The number of piperidine rings is 1. The highest BCUT2D eigenvalue weighted by Crippen LogP contribution is 2.36. The summed E-state index contributed by atoms with van der Waals surface area (Å²) in [5.41, 5.74) is 4.03. The van der Waals surface area contributed by atoms with E-state index in [0.717, 1.165) is 45.3 Å². The maximum atomic E-state index is 13.7. The summed E-state index contributed by atoms with van der Waals surface area (Å²) in [5, 5.41) is 0. The van der Waals surface area contributed by atoms with Gasteiger partial charge in [0.25, 0.3) is 0 Å². The standard InChI is InChI=1S/C28H36N2O/c31-28(25-12-5-2-6-13-25)30-26(16-15-24-11-7-8-14-27(24)30)21-29-19-17-23(18-20-29)22-9-3-1-4-10-22/h1,3-4,7-11,14,23,25-26H,2,5-6,12-13,15-21H2. The van der Waals surface area contributed by atoms with Gasteiger partial charge < -0.3 is 9.80 Å². The lowest BCUT2D eigenvalue weighted by Gasteiger charge is -2.43. The molecule has 3 aliphatic rings. The van der Waals surface area contributed by atoms with Crippen LogP contribution in [-0.2, 0) is 11.2 Å². The van der Waals surface area contributed by atoms with Gasteiger partial charge in [-0.15, -0.1) is 0 Å². The van der Waals surface area contributed by atoms with E-state index in [2.05, 4.69) is 64.4 Å². The van der Waals surface area contributed by atoms with Crippen LogP contribution in [0, 0.1) is 5.92 Å². The second-order valence-electron chi connectivity index (χ2n) is 9.85. The van der Waals surface area contributed by atoms with Gasteiger partial charge in [0.1, 0.15) is 0 Å². The van der Waals surface area contributed by atoms with Crippen LogP contribution in [0.2, 0.25) is 0 Å². The normalized spacial score (nSPS) is 23.5. The molecule has 2 aliphatic heterocycles. The molecule has 2 fully saturated rings. The van der Waals surface area contributed by atoms with Gasteiger partial charge in [-0.25, -0.2) is 0 Å². The van der Waals surface area contributed by atoms with E-state index >= 15 is 0 Å². The Balaban J connectivity index is 1.29. The van der Waals surface area contributed by atoms with Crippen molar-refractivity contribution < 1.29 is 4.79 Å². The van der Waals surface area contributed by atoms with E-state index in [0.29, 0.717) is 17.9 Å². The van der Waals surface area contributed by atoms with Gasteiger partial charge in [-0.2, -0.15) is 0 Å². The van der Waals surface area contributed by atoms with Gasteiger partial charge in [0.2, 0.25) is 5.91 Å². The molecule has 1 aliphatic carbocycles. The Morgan fingerprint density at radius 2 is 1.52 bits per heavy atom. The summed E-state index contributed by atoms with van der Waals surface area (Å²) >= 11 is 0. The van der Waals surface area contributed by atoms with Crippen LogP contribution >= 0.6 is 0 Å². The van der Waals surface area contributed by atoms with Crippen molar-refractivity contribution in [1.29, 1.82) is 0 Å². The highest BCUT2D eigenvalue weighted by molar-refractivity contribution is 5.97. The number of anilines is 1. The van der Waals surface area contributed by atoms with Crippen molar-refractivity contribution in [1.82, 2.24) is 4.90 Å². The maximum absolute atomic E-state index is 13.7. The third kappa shape index (κ3) is 4.57. The first-order valence-corrected chi connectivity index (χ1v) is 12.5. The predicted molar refractivity (Wildman–Crippen MR) is 127 cm³/mol. The lowest BCUT2D eigenvalue weighted by atomic mass is 9.85. The van der Waals surface area contributed by atoms with Crippen LogP contribution in [0.15, 0.2) is 54.6 Å². The number of para-hydroxylation sites is 1. The third-order valence-electron chi connectivity index (χ3n) is 7.88. The van der Waals surface area contributed by atoms with Crippen molar-refractivity contribution in [3.8, 4) is 0 Å². The lowest BCUT2D eigenvalue weighted by molar-refractivity contribution is -0.124. The quantitative estimate of drug-likeness (QED) is 0.629. The van der Waals surface area contributed by atoms with Crippen LogP contribution in [-0.4, -0.2) is 36.5 Å². The number of aryl methyl sites for hydroxylation is 1. The molecule has 3 heteroatoms. The molecular weight excluding hydrogens is 380 g/mol. The summed E-state index contributed by atoms with van der Waals surface area (Å²) in [5.74, 6) is 1.31. The molecule has 2 heterocycles. The molecule has 5 rings (SSSR count). The highest BCUT2D eigenvalue weighted by atomic mass is 16.2. The number of carbonyl (C=O) groups is 1. The molecule has 2 aromatic carbocycles. The number of likely N-dealkylation sites (tertiary alicyclic amines) is 1. The van der Waals surface area contributed by atoms with Gasteiger partial charge in [0.15, 0.2) is 0 Å². The van der Waals surface area contributed by atoms with Gasteiger partial charge in [-0.05, 0) is 74.7 Å². The lowest BCUT2D eigenvalue weighted by Crippen LogP contribution is -2.52. The number of fused-ring (bicyclic) bond motifs is 1. The van der Waals surface area contributed by atoms with Crippen molar-refractivity contribution in [2.45, 2.75) is 69.7 Å².